The van der Waals surface area contributed by atoms with Gasteiger partial charge in [0.1, 0.15) is 5.75 Å². The third-order valence-electron chi connectivity index (χ3n) is 15.0. The number of fused-ring (bicyclic) bond motifs is 6. The van der Waals surface area contributed by atoms with Crippen LogP contribution < -0.4 is 4.90 Å². The molecule has 70 heavy (non-hydrogen) atoms. The number of allylic oxidation sites excluding steroid dienone is 8. The molecule has 9 aromatic carbocycles. The lowest BCUT2D eigenvalue weighted by Gasteiger charge is -2.40. The van der Waals surface area contributed by atoms with Crippen molar-refractivity contribution in [3.63, 3.8) is 0 Å². The van der Waals surface area contributed by atoms with Crippen molar-refractivity contribution in [2.75, 3.05) is 4.90 Å². The first-order valence-corrected chi connectivity index (χ1v) is 24.6. The highest BCUT2D eigenvalue weighted by Crippen LogP contribution is 2.62. The molecule has 0 spiro atoms. The first-order valence-electron chi connectivity index (χ1n) is 24.6. The summed E-state index contributed by atoms with van der Waals surface area (Å²) in [5, 5.41) is 11.0. The molecule has 1 unspecified atom stereocenters. The summed E-state index contributed by atoms with van der Waals surface area (Å²) in [6.07, 6.45) is 17.7. The Bertz CT molecular complexity index is 3490. The van der Waals surface area contributed by atoms with E-state index in [0.29, 0.717) is 12.2 Å². The fraction of sp³-hybridized carbons (Fsp3) is 0.0882. The van der Waals surface area contributed by atoms with Crippen LogP contribution >= 0.6 is 0 Å². The summed E-state index contributed by atoms with van der Waals surface area (Å²) < 4.78 is 0. The number of anilines is 3. The second kappa shape index (κ2) is 17.9. The molecule has 3 aliphatic rings. The Morgan fingerprint density at radius 2 is 1.07 bits per heavy atom. The van der Waals surface area contributed by atoms with Crippen molar-refractivity contribution in [3.8, 4) is 39.1 Å². The molecule has 0 amide bonds. The van der Waals surface area contributed by atoms with Gasteiger partial charge in [-0.1, -0.05) is 224 Å². The first kappa shape index (κ1) is 42.9. The van der Waals surface area contributed by atoms with Crippen LogP contribution in [0.2, 0.25) is 0 Å². The van der Waals surface area contributed by atoms with Gasteiger partial charge in [0.25, 0.3) is 0 Å². The number of hydrogen-bond donors (Lipinski definition) is 1. The minimum absolute atomic E-state index is 0.302. The topological polar surface area (TPSA) is 23.5 Å². The van der Waals surface area contributed by atoms with Crippen LogP contribution in [-0.2, 0) is 17.3 Å². The average Bonchev–Trinajstić information content (AvgIpc) is 3.91. The highest BCUT2D eigenvalue weighted by atomic mass is 16.3. The minimum Gasteiger partial charge on any atom is -0.508 e. The fourth-order valence-electron chi connectivity index (χ4n) is 12.1. The van der Waals surface area contributed by atoms with Gasteiger partial charge in [-0.2, -0.15) is 0 Å². The molecule has 0 saturated heterocycles. The predicted molar refractivity (Wildman–Crippen MR) is 291 cm³/mol. The Morgan fingerprint density at radius 3 is 1.73 bits per heavy atom. The van der Waals surface area contributed by atoms with Crippen LogP contribution in [-0.4, -0.2) is 5.11 Å². The molecule has 0 saturated carbocycles. The molecular formula is C68H53NO. The molecule has 9 aromatic rings. The standard InChI is InChI=1S/C68H53NO/c1-2-3-4-8-23-50-46-49(40-45-65(50)70)48-24-21-31-56(47-48)69(55-43-41-54(42-44-55)67(51-25-9-5-10-26-51)61-36-18-15-32-57(61)58-33-16-19-37-62(58)67)64-39-22-35-60-59-34-17-20-38-63(59)68(66(60)64,52-27-11-6-12-28-52)53-29-13-7-14-30-53/h2-13,15-22,24-29,31-47,70H,14,23,30H2,1H3/b3-2-,8-4-. The van der Waals surface area contributed by atoms with E-state index in [1.165, 1.54) is 66.8 Å². The van der Waals surface area contributed by atoms with Gasteiger partial charge in [-0.15, -0.1) is 0 Å². The Hall–Kier alpha value is -8.46. The molecule has 1 N–H and O–H groups in total. The third kappa shape index (κ3) is 6.78. The van der Waals surface area contributed by atoms with Gasteiger partial charge in [-0.25, -0.2) is 0 Å². The van der Waals surface area contributed by atoms with Crippen molar-refractivity contribution in [2.45, 2.75) is 37.0 Å². The molecule has 336 valence electrons. The maximum Gasteiger partial charge on any atom is 0.119 e. The smallest absolute Gasteiger partial charge is 0.119 e. The van der Waals surface area contributed by atoms with E-state index >= 15 is 0 Å². The Kier molecular flexibility index (Phi) is 11.0. The lowest BCUT2D eigenvalue weighted by atomic mass is 9.65. The number of nitrogens with zero attached hydrogens (tertiary/aromatic N) is 1. The van der Waals surface area contributed by atoms with Crippen LogP contribution in [0.5, 0.6) is 5.75 Å². The van der Waals surface area contributed by atoms with Crippen molar-refractivity contribution >= 4 is 17.1 Å². The van der Waals surface area contributed by atoms with E-state index in [1.807, 2.05) is 37.3 Å². The van der Waals surface area contributed by atoms with Gasteiger partial charge in [-0.3, -0.25) is 0 Å². The Labute approximate surface area is 412 Å². The van der Waals surface area contributed by atoms with Crippen LogP contribution in [0.1, 0.15) is 64.3 Å². The zero-order valence-corrected chi connectivity index (χ0v) is 39.3. The molecule has 0 bridgehead atoms. The van der Waals surface area contributed by atoms with Crippen LogP contribution in [0.4, 0.5) is 17.1 Å². The van der Waals surface area contributed by atoms with Gasteiger partial charge in [0.05, 0.1) is 16.5 Å². The van der Waals surface area contributed by atoms with E-state index in [4.69, 9.17) is 0 Å². The second-order valence-electron chi connectivity index (χ2n) is 18.7. The zero-order chi connectivity index (χ0) is 47.1. The van der Waals surface area contributed by atoms with E-state index in [-0.39, 0.29) is 0 Å². The minimum atomic E-state index is -0.550. The third-order valence-corrected chi connectivity index (χ3v) is 15.0. The number of aromatic hydroxyl groups is 1. The number of benzene rings is 9. The second-order valence-corrected chi connectivity index (χ2v) is 18.7. The maximum atomic E-state index is 11.0. The normalized spacial score (nSPS) is 16.2. The average molecular weight is 900 g/mol. The molecule has 0 radical (unpaired) electrons. The van der Waals surface area contributed by atoms with E-state index < -0.39 is 10.8 Å². The van der Waals surface area contributed by atoms with Gasteiger partial charge >= 0.3 is 0 Å². The molecule has 12 rings (SSSR count). The van der Waals surface area contributed by atoms with Crippen molar-refractivity contribution < 1.29 is 5.11 Å². The van der Waals surface area contributed by atoms with E-state index in [0.717, 1.165) is 46.6 Å². The summed E-state index contributed by atoms with van der Waals surface area (Å²) in [6, 6.07) is 80.6. The van der Waals surface area contributed by atoms with Crippen LogP contribution in [0.25, 0.3) is 33.4 Å². The summed E-state index contributed by atoms with van der Waals surface area (Å²) in [5.74, 6) is 0.302. The number of hydrogen-bond acceptors (Lipinski definition) is 2. The Morgan fingerprint density at radius 1 is 0.500 bits per heavy atom. The molecule has 1 atom stereocenters. The highest BCUT2D eigenvalue weighted by molar-refractivity contribution is 5.95. The van der Waals surface area contributed by atoms with E-state index in [1.54, 1.807) is 0 Å². The highest BCUT2D eigenvalue weighted by Gasteiger charge is 2.50. The van der Waals surface area contributed by atoms with Crippen LogP contribution in [0.3, 0.4) is 0 Å². The van der Waals surface area contributed by atoms with E-state index in [2.05, 4.69) is 235 Å². The van der Waals surface area contributed by atoms with Gasteiger partial charge in [0.2, 0.25) is 0 Å². The van der Waals surface area contributed by atoms with Gasteiger partial charge in [-0.05, 0) is 141 Å². The van der Waals surface area contributed by atoms with Crippen LogP contribution in [0.15, 0.2) is 266 Å². The molecule has 2 heteroatoms. The van der Waals surface area contributed by atoms with Crippen LogP contribution in [0, 0.1) is 0 Å². The van der Waals surface area contributed by atoms with Crippen molar-refractivity contribution in [3.05, 3.63) is 311 Å². The zero-order valence-electron chi connectivity index (χ0n) is 39.3. The van der Waals surface area contributed by atoms with Crippen molar-refractivity contribution in [1.82, 2.24) is 0 Å². The lowest BCUT2D eigenvalue weighted by Crippen LogP contribution is -2.32. The molecule has 3 aliphatic carbocycles. The number of phenolic OH excluding ortho intramolecular Hbond substituents is 1. The SMILES string of the molecule is C/C=C\C=C/Cc1cc(-c2cccc(N(c3ccc(C4(c5ccccc5)c5ccccc5-c5ccccc54)cc3)c3cccc4c3C(C3=CC=CCC3)(c3ccccc3)c3ccccc3-4)c2)ccc1O. The Balaban J connectivity index is 1.10. The molecule has 0 aromatic heterocycles. The molecule has 0 aliphatic heterocycles. The van der Waals surface area contributed by atoms with Gasteiger partial charge in [0.15, 0.2) is 0 Å². The monoisotopic (exact) mass is 899 g/mol. The fourth-order valence-corrected chi connectivity index (χ4v) is 12.1. The summed E-state index contributed by atoms with van der Waals surface area (Å²) in [4.78, 5) is 2.50. The predicted octanol–water partition coefficient (Wildman–Crippen LogP) is 17.2. The summed E-state index contributed by atoms with van der Waals surface area (Å²) in [5.41, 5.74) is 20.6. The first-order chi connectivity index (χ1) is 34.6. The molecule has 0 fully saturated rings. The van der Waals surface area contributed by atoms with Crippen molar-refractivity contribution in [2.24, 2.45) is 0 Å². The maximum absolute atomic E-state index is 11.0. The largest absolute Gasteiger partial charge is 0.508 e. The van der Waals surface area contributed by atoms with Gasteiger partial charge < -0.3 is 10.0 Å². The summed E-state index contributed by atoms with van der Waals surface area (Å²) in [7, 11) is 0. The number of rotatable bonds is 11. The van der Waals surface area contributed by atoms with E-state index in [9.17, 15) is 5.11 Å². The number of phenols is 1. The van der Waals surface area contributed by atoms with Crippen molar-refractivity contribution in [1.29, 1.82) is 0 Å². The lowest BCUT2D eigenvalue weighted by molar-refractivity contribution is 0.470. The summed E-state index contributed by atoms with van der Waals surface area (Å²) >= 11 is 0. The molecule has 2 nitrogen and oxygen atoms in total. The molecule has 0 heterocycles. The quantitative estimate of drug-likeness (QED) is 0.131. The van der Waals surface area contributed by atoms with Gasteiger partial charge in [0, 0.05) is 16.9 Å². The molecular weight excluding hydrogens is 847 g/mol. The summed E-state index contributed by atoms with van der Waals surface area (Å²) in [6.45, 7) is 2.01.